The van der Waals surface area contributed by atoms with Gasteiger partial charge in [-0.05, 0) is 45.8 Å². The molecule has 0 atom stereocenters. The lowest BCUT2D eigenvalue weighted by atomic mass is 10.0. The Labute approximate surface area is 126 Å². The smallest absolute Gasteiger partial charge is 0.0643 e. The highest BCUT2D eigenvalue weighted by Gasteiger charge is 1.95. The largest absolute Gasteiger partial charge is 0.545 e. The van der Waals surface area contributed by atoms with Gasteiger partial charge in [-0.3, -0.25) is 0 Å². The van der Waals surface area contributed by atoms with Crippen molar-refractivity contribution in [3.8, 4) is 0 Å². The number of carbonyl (C=O) groups excluding carboxylic acids is 2. The van der Waals surface area contributed by atoms with E-state index >= 15 is 0 Å². The number of carboxylic acid groups (broad SMARTS) is 2. The maximum absolute atomic E-state index is 9.41. The van der Waals surface area contributed by atoms with Gasteiger partial charge in [-0.15, -0.1) is 0 Å². The normalized spacial score (nSPS) is 10.4. The number of carboxylic acids is 2. The minimum Gasteiger partial charge on any atom is -0.545 e. The third-order valence-electron chi connectivity index (χ3n) is 2.97. The zero-order valence-electron chi connectivity index (χ0n) is 11.6. The van der Waals surface area contributed by atoms with Gasteiger partial charge >= 0.3 is 0 Å². The average molecular weight is 292 g/mol. The van der Waals surface area contributed by atoms with Gasteiger partial charge < -0.3 is 19.8 Å². The summed E-state index contributed by atoms with van der Waals surface area (Å²) < 4.78 is 0. The van der Waals surface area contributed by atoms with Crippen molar-refractivity contribution in [2.45, 2.75) is 0 Å². The molecule has 0 heterocycles. The molecule has 0 unspecified atom stereocenters. The molecule has 0 saturated carbocycles. The van der Waals surface area contributed by atoms with Crippen LogP contribution in [0.2, 0.25) is 0 Å². The van der Waals surface area contributed by atoms with E-state index < -0.39 is 11.9 Å². The minimum atomic E-state index is -1.55. The van der Waals surface area contributed by atoms with Gasteiger partial charge in [0.15, 0.2) is 0 Å². The van der Waals surface area contributed by atoms with Crippen molar-refractivity contribution in [1.82, 2.24) is 0 Å². The van der Waals surface area contributed by atoms with Crippen LogP contribution in [0.15, 0.2) is 72.8 Å². The lowest BCUT2D eigenvalue weighted by Crippen LogP contribution is -2.23. The van der Waals surface area contributed by atoms with Crippen molar-refractivity contribution >= 4 is 33.5 Å². The topological polar surface area (TPSA) is 80.3 Å². The molecule has 3 aromatic carbocycles. The van der Waals surface area contributed by atoms with Crippen LogP contribution in [-0.4, -0.2) is 11.9 Å². The van der Waals surface area contributed by atoms with Crippen molar-refractivity contribution in [3.63, 3.8) is 0 Å². The molecule has 0 bridgehead atoms. The molecule has 0 spiro atoms. The summed E-state index contributed by atoms with van der Waals surface area (Å²) in [5, 5.41) is 24.1. The molecule has 0 saturated heterocycles. The molecule has 110 valence electrons. The molecule has 0 N–H and O–H groups in total. The number of rotatable bonds is 2. The minimum absolute atomic E-state index is 0.384. The first-order valence-corrected chi connectivity index (χ1v) is 6.54. The van der Waals surface area contributed by atoms with Crippen molar-refractivity contribution in [1.29, 1.82) is 0 Å². The molecule has 3 aromatic rings. The second-order valence-corrected chi connectivity index (χ2v) is 4.52. The van der Waals surface area contributed by atoms with Gasteiger partial charge in [0, 0.05) is 0 Å². The number of fused-ring (bicyclic) bond motifs is 2. The first-order valence-electron chi connectivity index (χ1n) is 6.54. The third-order valence-corrected chi connectivity index (χ3v) is 2.97. The predicted octanol–water partition coefficient (Wildman–Crippen LogP) is 1.04. The maximum Gasteiger partial charge on any atom is 0.0643 e. The maximum atomic E-state index is 9.41. The monoisotopic (exact) mass is 292 g/mol. The van der Waals surface area contributed by atoms with Crippen LogP contribution in [0.1, 0.15) is 0 Å². The molecular formula is C18H12O4-2. The molecule has 0 aliphatic carbocycles. The Kier molecular flexibility index (Phi) is 4.88. The predicted molar refractivity (Wildman–Crippen MR) is 80.6 cm³/mol. The van der Waals surface area contributed by atoms with Gasteiger partial charge in [-0.25, -0.2) is 0 Å². The fourth-order valence-corrected chi connectivity index (χ4v) is 2.02. The quantitative estimate of drug-likeness (QED) is 0.522. The van der Waals surface area contributed by atoms with E-state index in [0.29, 0.717) is 12.2 Å². The summed E-state index contributed by atoms with van der Waals surface area (Å²) in [7, 11) is 0. The third kappa shape index (κ3) is 4.18. The average Bonchev–Trinajstić information content (AvgIpc) is 2.51. The van der Waals surface area contributed by atoms with E-state index in [1.807, 2.05) is 0 Å². The molecule has 3 rings (SSSR count). The summed E-state index contributed by atoms with van der Waals surface area (Å²) in [5.41, 5.74) is 0. The van der Waals surface area contributed by atoms with Gasteiger partial charge in [0.05, 0.1) is 11.9 Å². The number of aliphatic carboxylic acids is 2. The van der Waals surface area contributed by atoms with Crippen LogP contribution in [0.25, 0.3) is 21.5 Å². The number of benzene rings is 3. The Bertz CT molecular complexity index is 729. The molecule has 0 fully saturated rings. The molecule has 0 radical (unpaired) electrons. The zero-order chi connectivity index (χ0) is 15.9. The molecule has 0 aliphatic rings. The lowest BCUT2D eigenvalue weighted by Gasteiger charge is -2.00. The Morgan fingerprint density at radius 1 is 0.636 bits per heavy atom. The van der Waals surface area contributed by atoms with E-state index in [1.54, 1.807) is 0 Å². The number of hydrogen-bond donors (Lipinski definition) is 0. The summed E-state index contributed by atoms with van der Waals surface area (Å²) >= 11 is 0. The van der Waals surface area contributed by atoms with Crippen molar-refractivity contribution in [3.05, 3.63) is 72.8 Å². The van der Waals surface area contributed by atoms with E-state index in [4.69, 9.17) is 0 Å². The lowest BCUT2D eigenvalue weighted by molar-refractivity contribution is -0.301. The second-order valence-electron chi connectivity index (χ2n) is 4.52. The van der Waals surface area contributed by atoms with Crippen molar-refractivity contribution < 1.29 is 19.8 Å². The van der Waals surface area contributed by atoms with Crippen LogP contribution < -0.4 is 10.2 Å². The van der Waals surface area contributed by atoms with Gasteiger partial charge in [-0.1, -0.05) is 48.5 Å². The van der Waals surface area contributed by atoms with Gasteiger partial charge in [0.1, 0.15) is 0 Å². The fraction of sp³-hybridized carbons (Fsp3) is 0. The Morgan fingerprint density at radius 2 is 0.909 bits per heavy atom. The van der Waals surface area contributed by atoms with Crippen molar-refractivity contribution in [2.75, 3.05) is 0 Å². The van der Waals surface area contributed by atoms with Gasteiger partial charge in [0.25, 0.3) is 0 Å². The molecular weight excluding hydrogens is 280 g/mol. The summed E-state index contributed by atoms with van der Waals surface area (Å²) in [6, 6.07) is 21.4. The van der Waals surface area contributed by atoms with Crippen LogP contribution in [0.5, 0.6) is 0 Å². The van der Waals surface area contributed by atoms with Crippen LogP contribution in [0.4, 0.5) is 0 Å². The highest BCUT2D eigenvalue weighted by Crippen LogP contribution is 2.21. The molecule has 22 heavy (non-hydrogen) atoms. The second kappa shape index (κ2) is 7.04. The van der Waals surface area contributed by atoms with E-state index in [-0.39, 0.29) is 0 Å². The number of hydrogen-bond acceptors (Lipinski definition) is 4. The molecule has 4 nitrogen and oxygen atoms in total. The van der Waals surface area contributed by atoms with Gasteiger partial charge in [0.2, 0.25) is 0 Å². The van der Waals surface area contributed by atoms with Crippen LogP contribution >= 0.6 is 0 Å². The first-order chi connectivity index (χ1) is 10.6. The van der Waals surface area contributed by atoms with E-state index in [0.717, 1.165) is 0 Å². The molecule has 0 aliphatic heterocycles. The van der Waals surface area contributed by atoms with Crippen molar-refractivity contribution in [2.24, 2.45) is 0 Å². The summed E-state index contributed by atoms with van der Waals surface area (Å²) in [5.74, 6) is -3.09. The first kappa shape index (κ1) is 15.3. The van der Waals surface area contributed by atoms with Gasteiger partial charge in [-0.2, -0.15) is 0 Å². The molecule has 4 heteroatoms. The number of carbonyl (C=O) groups is 2. The fourth-order valence-electron chi connectivity index (χ4n) is 2.02. The van der Waals surface area contributed by atoms with E-state index in [9.17, 15) is 19.8 Å². The van der Waals surface area contributed by atoms with Crippen LogP contribution in [0.3, 0.4) is 0 Å². The Hall–Kier alpha value is -3.14. The summed E-state index contributed by atoms with van der Waals surface area (Å²) in [4.78, 5) is 18.8. The van der Waals surface area contributed by atoms with Crippen LogP contribution in [0, 0.1) is 0 Å². The molecule has 0 amide bonds. The Balaban J connectivity index is 0.000000192. The Morgan fingerprint density at radius 3 is 1.14 bits per heavy atom. The van der Waals surface area contributed by atoms with Crippen LogP contribution in [-0.2, 0) is 9.59 Å². The summed E-state index contributed by atoms with van der Waals surface area (Å²) in [6.45, 7) is 0. The highest BCUT2D eigenvalue weighted by molar-refractivity contribution is 5.98. The van der Waals surface area contributed by atoms with E-state index in [2.05, 4.69) is 60.7 Å². The highest BCUT2D eigenvalue weighted by atomic mass is 16.4. The summed E-state index contributed by atoms with van der Waals surface area (Å²) in [6.07, 6.45) is 0.769. The zero-order valence-corrected chi connectivity index (χ0v) is 11.6. The molecule has 0 aromatic heterocycles. The SMILES string of the molecule is O=C([O-])/C=C/C(=O)[O-].c1ccc2cc3ccccc3cc2c1. The van der Waals surface area contributed by atoms with E-state index in [1.165, 1.54) is 21.5 Å². The standard InChI is InChI=1S/C14H10.C4H4O4/c1-2-6-12-10-14-8-4-3-7-13(14)9-11(12)5-1;5-3(6)1-2-4(7)8/h1-10H;1-2H,(H,5,6)(H,7,8)/p-2/b;2-1+.